The number of para-hydroxylation sites is 2. The Bertz CT molecular complexity index is 7490. The molecule has 0 saturated carbocycles. The van der Waals surface area contributed by atoms with Gasteiger partial charge >= 0.3 is 0 Å². The lowest BCUT2D eigenvalue weighted by atomic mass is 9.83. The lowest BCUT2D eigenvalue weighted by Crippen LogP contribution is -1.93. The van der Waals surface area contributed by atoms with Gasteiger partial charge in [-0.15, -0.1) is 0 Å². The predicted octanol–water partition coefficient (Wildman–Crippen LogP) is 29.3. The number of aromatic nitrogens is 1. The quantitative estimate of drug-likeness (QED) is 0.0819. The molecule has 0 N–H and O–H groups in total. The molecule has 3 aromatic heterocycles. The van der Waals surface area contributed by atoms with Gasteiger partial charge in [0.15, 0.2) is 0 Å². The Morgan fingerprint density at radius 1 is 0.274 bits per heavy atom. The summed E-state index contributed by atoms with van der Waals surface area (Å²) in [6.07, 6.45) is 5.88. The van der Waals surface area contributed by atoms with Crippen LogP contribution in [0.3, 0.4) is 0 Å². The van der Waals surface area contributed by atoms with Crippen molar-refractivity contribution < 1.29 is 8.83 Å². The summed E-state index contributed by atoms with van der Waals surface area (Å²) in [7, 11) is 0. The van der Waals surface area contributed by atoms with Crippen molar-refractivity contribution in [3.8, 4) is 72.4 Å². The van der Waals surface area contributed by atoms with E-state index in [1.807, 2.05) is 12.2 Å². The van der Waals surface area contributed by atoms with Gasteiger partial charge in [-0.3, -0.25) is 0 Å². The molecule has 22 rings (SSSR count). The first-order chi connectivity index (χ1) is 52.5. The molecule has 0 aliphatic carbocycles. The normalized spacial score (nSPS) is 12.2. The van der Waals surface area contributed by atoms with E-state index in [0.29, 0.717) is 0 Å². The molecule has 0 aliphatic heterocycles. The standard InChI is InChI=1S/C103H63NO2/c1-3-4-24-62-59-94-89(53-61(62)2)101-72(42-23-44-93(101)105-94)65-27-22-28-68(55-65)97-80-36-14-18-40-84(80)100(85-41-19-15-37-81(85)97)88-58-69-46-45-66-54-67(47-49-73(66)96(69)77-33-11-10-31-75(77)88)74-50-51-86(102-90-56-63-25-8-9-26-64(63)60-95(90)106-103(74)102)99-82-38-16-12-34-78(82)98(79-35-13-17-39-83(79)99)70-48-52-92-87(57-70)76-32-20-21-43-91(76)104(92)71-29-6-5-7-30-71/h3-60H,1H2,2H3/b24-4-. The third-order valence-electron chi connectivity index (χ3n) is 22.8. The van der Waals surface area contributed by atoms with E-state index in [2.05, 4.69) is 358 Å². The predicted molar refractivity (Wildman–Crippen MR) is 452 cm³/mol. The van der Waals surface area contributed by atoms with Crippen molar-refractivity contribution >= 4 is 158 Å². The molecule has 0 radical (unpaired) electrons. The van der Waals surface area contributed by atoms with Crippen molar-refractivity contribution in [1.29, 1.82) is 0 Å². The highest BCUT2D eigenvalue weighted by Crippen LogP contribution is 2.53. The van der Waals surface area contributed by atoms with Crippen LogP contribution >= 0.6 is 0 Å². The van der Waals surface area contributed by atoms with Crippen LogP contribution in [0.15, 0.2) is 361 Å². The van der Waals surface area contributed by atoms with Crippen LogP contribution in [0, 0.1) is 6.92 Å². The molecule has 3 heterocycles. The number of aryl methyl sites for hydroxylation is 1. The number of hydrogen-bond acceptors (Lipinski definition) is 2. The first kappa shape index (κ1) is 59.8. The minimum Gasteiger partial charge on any atom is -0.456 e. The van der Waals surface area contributed by atoms with Gasteiger partial charge in [-0.05, 0) is 250 Å². The summed E-state index contributed by atoms with van der Waals surface area (Å²) in [5.41, 5.74) is 23.3. The van der Waals surface area contributed by atoms with Crippen molar-refractivity contribution in [2.75, 3.05) is 0 Å². The van der Waals surface area contributed by atoms with Gasteiger partial charge < -0.3 is 13.4 Å². The van der Waals surface area contributed by atoms with Gasteiger partial charge in [0.2, 0.25) is 0 Å². The van der Waals surface area contributed by atoms with E-state index in [0.717, 1.165) is 99.3 Å². The van der Waals surface area contributed by atoms with Crippen LogP contribution in [-0.4, -0.2) is 4.57 Å². The van der Waals surface area contributed by atoms with Gasteiger partial charge in [0.05, 0.1) is 11.0 Å². The summed E-state index contributed by atoms with van der Waals surface area (Å²) in [6, 6.07) is 124. The average molecular weight is 1350 g/mol. The molecule has 0 aliphatic rings. The molecule has 3 nitrogen and oxygen atoms in total. The average Bonchev–Trinajstić information content (AvgIpc) is 1.65. The lowest BCUT2D eigenvalue weighted by Gasteiger charge is -2.20. The lowest BCUT2D eigenvalue weighted by molar-refractivity contribution is 0.668. The highest BCUT2D eigenvalue weighted by molar-refractivity contribution is 6.31. The molecule has 22 aromatic rings. The second kappa shape index (κ2) is 23.3. The second-order valence-corrected chi connectivity index (χ2v) is 28.5. The van der Waals surface area contributed by atoms with Gasteiger partial charge in [-0.2, -0.15) is 0 Å². The zero-order valence-electron chi connectivity index (χ0n) is 58.0. The number of hydrogen-bond donors (Lipinski definition) is 0. The fraction of sp³-hybridized carbons (Fsp3) is 0.00971. The molecule has 0 spiro atoms. The fourth-order valence-corrected chi connectivity index (χ4v) is 18.2. The number of furan rings is 2. The molecule has 0 unspecified atom stereocenters. The van der Waals surface area contributed by atoms with E-state index in [4.69, 9.17) is 8.83 Å². The first-order valence-electron chi connectivity index (χ1n) is 36.6. The molecule has 0 saturated heterocycles. The Balaban J connectivity index is 0.694. The van der Waals surface area contributed by atoms with Gasteiger partial charge in [0.1, 0.15) is 22.3 Å². The Morgan fingerprint density at radius 2 is 0.811 bits per heavy atom. The Morgan fingerprint density at radius 3 is 1.52 bits per heavy atom. The minimum absolute atomic E-state index is 0.866. The van der Waals surface area contributed by atoms with Gasteiger partial charge in [-0.25, -0.2) is 0 Å². The smallest absolute Gasteiger partial charge is 0.143 e. The maximum atomic E-state index is 7.38. The Labute approximate surface area is 610 Å². The van der Waals surface area contributed by atoms with Gasteiger partial charge in [0.25, 0.3) is 0 Å². The van der Waals surface area contributed by atoms with E-state index in [1.54, 1.807) is 0 Å². The molecular weight excluding hydrogens is 1280 g/mol. The summed E-state index contributed by atoms with van der Waals surface area (Å²) >= 11 is 0. The topological polar surface area (TPSA) is 31.2 Å². The second-order valence-electron chi connectivity index (χ2n) is 28.5. The SMILES string of the molecule is C=C/C=C\c1cc2oc3cccc(-c4cccc(-c5c6ccccc6c(-c6cc7ccc8cc(-c9ccc(-c%10c%11ccccc%11c(-c%11ccc%12c(c%11)c%11ccccc%11n%12-c%11ccccc%11)c%11ccccc%10%11)c%10c9oc9cc%11ccccc%11cc9%10)ccc8c7c7ccccc67)c6ccccc56)c4)c3c2cc1C. The Kier molecular flexibility index (Phi) is 13.2. The molecule has 106 heavy (non-hydrogen) atoms. The summed E-state index contributed by atoms with van der Waals surface area (Å²) < 4.78 is 16.4. The van der Waals surface area contributed by atoms with E-state index < -0.39 is 0 Å². The van der Waals surface area contributed by atoms with Crippen molar-refractivity contribution in [1.82, 2.24) is 4.57 Å². The highest BCUT2D eigenvalue weighted by Gasteiger charge is 2.26. The van der Waals surface area contributed by atoms with Crippen molar-refractivity contribution in [2.45, 2.75) is 6.92 Å². The molecule has 0 bridgehead atoms. The summed E-state index contributed by atoms with van der Waals surface area (Å²) in [5, 5.41) is 26.1. The van der Waals surface area contributed by atoms with Crippen LogP contribution in [0.2, 0.25) is 0 Å². The van der Waals surface area contributed by atoms with Gasteiger partial charge in [0, 0.05) is 43.6 Å². The third-order valence-corrected chi connectivity index (χ3v) is 22.8. The number of fused-ring (bicyclic) bond motifs is 19. The Hall–Kier alpha value is -13.9. The van der Waals surface area contributed by atoms with Crippen molar-refractivity contribution in [3.05, 3.63) is 364 Å². The minimum atomic E-state index is 0.866. The first-order valence-corrected chi connectivity index (χ1v) is 36.6. The maximum Gasteiger partial charge on any atom is 0.143 e. The van der Waals surface area contributed by atoms with Crippen LogP contribution in [0.25, 0.3) is 230 Å². The van der Waals surface area contributed by atoms with Crippen LogP contribution < -0.4 is 0 Å². The molecule has 19 aromatic carbocycles. The summed E-state index contributed by atoms with van der Waals surface area (Å²) in [4.78, 5) is 0. The van der Waals surface area contributed by atoms with E-state index in [1.165, 1.54) is 136 Å². The molecular formula is C103H63NO2. The van der Waals surface area contributed by atoms with Gasteiger partial charge in [-0.1, -0.05) is 274 Å². The number of nitrogens with zero attached hydrogens (tertiary/aromatic N) is 1. The van der Waals surface area contributed by atoms with E-state index in [9.17, 15) is 0 Å². The molecule has 492 valence electrons. The number of rotatable bonds is 9. The van der Waals surface area contributed by atoms with Crippen LogP contribution in [0.4, 0.5) is 0 Å². The van der Waals surface area contributed by atoms with E-state index in [-0.39, 0.29) is 0 Å². The van der Waals surface area contributed by atoms with Crippen LogP contribution in [0.1, 0.15) is 11.1 Å². The number of benzene rings is 19. The molecule has 3 heteroatoms. The third kappa shape index (κ3) is 8.93. The largest absolute Gasteiger partial charge is 0.456 e. The fourth-order valence-electron chi connectivity index (χ4n) is 18.2. The zero-order valence-corrected chi connectivity index (χ0v) is 58.0. The molecule has 0 amide bonds. The molecule has 0 atom stereocenters. The summed E-state index contributed by atoms with van der Waals surface area (Å²) in [6.45, 7) is 6.07. The zero-order chi connectivity index (χ0) is 69.8. The maximum absolute atomic E-state index is 7.38. The van der Waals surface area contributed by atoms with Crippen molar-refractivity contribution in [3.63, 3.8) is 0 Å². The molecule has 0 fully saturated rings. The van der Waals surface area contributed by atoms with E-state index >= 15 is 0 Å². The summed E-state index contributed by atoms with van der Waals surface area (Å²) in [5.74, 6) is 0. The van der Waals surface area contributed by atoms with Crippen LogP contribution in [-0.2, 0) is 0 Å². The number of allylic oxidation sites excluding steroid dienone is 2. The highest BCUT2D eigenvalue weighted by atomic mass is 16.3. The monoisotopic (exact) mass is 1350 g/mol. The van der Waals surface area contributed by atoms with Crippen LogP contribution in [0.5, 0.6) is 0 Å². The van der Waals surface area contributed by atoms with Crippen molar-refractivity contribution in [2.24, 2.45) is 0 Å².